The molecule has 2 aromatic carbocycles. The van der Waals surface area contributed by atoms with Gasteiger partial charge in [0.15, 0.2) is 0 Å². The average molecular weight is 527 g/mol. The maximum atomic E-state index is 6.41. The molecule has 6 nitrogen and oxygen atoms in total. The Labute approximate surface area is 233 Å². The van der Waals surface area contributed by atoms with E-state index in [4.69, 9.17) is 20.5 Å². The number of hydrogen-bond acceptors (Lipinski definition) is 6. The fourth-order valence-corrected chi connectivity index (χ4v) is 5.71. The molecule has 1 aliphatic rings. The summed E-state index contributed by atoms with van der Waals surface area (Å²) in [6.07, 6.45) is 9.02. The van der Waals surface area contributed by atoms with Gasteiger partial charge in [-0.2, -0.15) is 0 Å². The van der Waals surface area contributed by atoms with Gasteiger partial charge in [0.1, 0.15) is 5.60 Å². The first-order chi connectivity index (χ1) is 18.9. The molecule has 0 saturated carbocycles. The Bertz CT molecular complexity index is 1270. The minimum atomic E-state index is -0.998. The van der Waals surface area contributed by atoms with E-state index >= 15 is 0 Å². The number of pyridine rings is 1. The minimum Gasteiger partial charge on any atom is -0.481 e. The Morgan fingerprint density at radius 1 is 1.13 bits per heavy atom. The van der Waals surface area contributed by atoms with E-state index in [1.54, 1.807) is 7.11 Å². The van der Waals surface area contributed by atoms with Crippen molar-refractivity contribution in [1.29, 1.82) is 0 Å². The van der Waals surface area contributed by atoms with Crippen molar-refractivity contribution in [2.24, 2.45) is 5.90 Å². The fourth-order valence-electron chi connectivity index (χ4n) is 5.71. The van der Waals surface area contributed by atoms with Gasteiger partial charge in [0.25, 0.3) is 0 Å². The van der Waals surface area contributed by atoms with Crippen molar-refractivity contribution in [3.63, 3.8) is 0 Å². The van der Waals surface area contributed by atoms with Crippen molar-refractivity contribution >= 4 is 17.3 Å². The van der Waals surface area contributed by atoms with Crippen LogP contribution in [0.15, 0.2) is 79.5 Å². The lowest BCUT2D eigenvalue weighted by molar-refractivity contribution is -0.0239. The van der Waals surface area contributed by atoms with E-state index in [-0.39, 0.29) is 5.92 Å². The molecule has 2 heterocycles. The lowest BCUT2D eigenvalue weighted by atomic mass is 9.69. The van der Waals surface area contributed by atoms with Gasteiger partial charge in [-0.1, -0.05) is 73.3 Å². The number of methoxy groups -OCH3 is 1. The standard InChI is InChI=1S/C33H42N4O2/c1-6-14-26-15-10-11-18-29(26)25(2)33(39-34,19-22-36(3)4)31(27-16-8-7-9-17-27)30-23-28(24-35-32(30)38-5)37-20-12-13-21-37/h6-11,14-18,23-24,31H,2,12-13,19-22,34H2,1,3-5H3/b14-6-. The minimum absolute atomic E-state index is 0.334. The second kappa shape index (κ2) is 13.1. The summed E-state index contributed by atoms with van der Waals surface area (Å²) >= 11 is 0. The van der Waals surface area contributed by atoms with E-state index < -0.39 is 5.60 Å². The number of hydrogen-bond donors (Lipinski definition) is 1. The molecule has 1 saturated heterocycles. The first-order valence-electron chi connectivity index (χ1n) is 13.7. The van der Waals surface area contributed by atoms with Crippen LogP contribution in [0.1, 0.15) is 54.4 Å². The number of rotatable bonds is 12. The van der Waals surface area contributed by atoms with Crippen LogP contribution in [0, 0.1) is 0 Å². The largest absolute Gasteiger partial charge is 0.481 e. The van der Waals surface area contributed by atoms with Gasteiger partial charge in [0.2, 0.25) is 5.88 Å². The Morgan fingerprint density at radius 3 is 2.46 bits per heavy atom. The first-order valence-corrected chi connectivity index (χ1v) is 13.7. The quantitative estimate of drug-likeness (QED) is 0.286. The molecule has 0 spiro atoms. The summed E-state index contributed by atoms with van der Waals surface area (Å²) in [5.41, 5.74) is 4.97. The highest BCUT2D eigenvalue weighted by atomic mass is 16.6. The molecule has 39 heavy (non-hydrogen) atoms. The van der Waals surface area contributed by atoms with Crippen molar-refractivity contribution in [2.75, 3.05) is 45.7 Å². The van der Waals surface area contributed by atoms with Crippen molar-refractivity contribution in [3.05, 3.63) is 102 Å². The van der Waals surface area contributed by atoms with Gasteiger partial charge < -0.3 is 14.5 Å². The highest BCUT2D eigenvalue weighted by Gasteiger charge is 2.46. The third-order valence-corrected chi connectivity index (χ3v) is 7.72. The molecule has 2 atom stereocenters. The highest BCUT2D eigenvalue weighted by molar-refractivity contribution is 5.79. The van der Waals surface area contributed by atoms with Gasteiger partial charge in [-0.3, -0.25) is 4.84 Å². The normalized spacial score (nSPS) is 16.0. The zero-order valence-corrected chi connectivity index (χ0v) is 23.8. The molecule has 1 aromatic heterocycles. The lowest BCUT2D eigenvalue weighted by Gasteiger charge is -2.42. The number of aromatic nitrogens is 1. The smallest absolute Gasteiger partial charge is 0.217 e. The van der Waals surface area contributed by atoms with Crippen molar-refractivity contribution in [2.45, 2.75) is 37.7 Å². The molecule has 2 unspecified atom stereocenters. The van der Waals surface area contributed by atoms with E-state index in [9.17, 15) is 0 Å². The summed E-state index contributed by atoms with van der Waals surface area (Å²) in [6.45, 7) is 9.49. The van der Waals surface area contributed by atoms with Crippen LogP contribution in [0.25, 0.3) is 11.6 Å². The van der Waals surface area contributed by atoms with E-state index in [0.717, 1.165) is 53.1 Å². The molecular weight excluding hydrogens is 484 g/mol. The summed E-state index contributed by atoms with van der Waals surface area (Å²) in [6, 6.07) is 20.9. The van der Waals surface area contributed by atoms with Crippen LogP contribution in [0.5, 0.6) is 5.88 Å². The summed E-state index contributed by atoms with van der Waals surface area (Å²) in [7, 11) is 5.79. The first kappa shape index (κ1) is 28.6. The van der Waals surface area contributed by atoms with E-state index in [0.29, 0.717) is 12.3 Å². The zero-order chi connectivity index (χ0) is 27.8. The van der Waals surface area contributed by atoms with Gasteiger partial charge in [-0.25, -0.2) is 10.9 Å². The fraction of sp³-hybridized carbons (Fsp3) is 0.364. The van der Waals surface area contributed by atoms with Gasteiger partial charge in [0, 0.05) is 31.1 Å². The monoisotopic (exact) mass is 526 g/mol. The Kier molecular flexibility index (Phi) is 9.57. The molecule has 206 valence electrons. The molecule has 4 rings (SSSR count). The Hall–Kier alpha value is -3.45. The maximum Gasteiger partial charge on any atom is 0.217 e. The molecule has 6 heteroatoms. The Balaban J connectivity index is 2.00. The molecule has 2 N–H and O–H groups in total. The van der Waals surface area contributed by atoms with Gasteiger partial charge >= 0.3 is 0 Å². The van der Waals surface area contributed by atoms with Crippen LogP contribution in [0.2, 0.25) is 0 Å². The number of ether oxygens (including phenoxy) is 1. The van der Waals surface area contributed by atoms with E-state index in [2.05, 4.69) is 79.0 Å². The predicted molar refractivity (Wildman–Crippen MR) is 162 cm³/mol. The van der Waals surface area contributed by atoms with Crippen molar-refractivity contribution in [3.8, 4) is 5.88 Å². The molecular formula is C33H42N4O2. The lowest BCUT2D eigenvalue weighted by Crippen LogP contribution is -2.45. The summed E-state index contributed by atoms with van der Waals surface area (Å²) in [4.78, 5) is 15.6. The summed E-state index contributed by atoms with van der Waals surface area (Å²) in [5, 5.41) is 0. The van der Waals surface area contributed by atoms with Crippen LogP contribution in [-0.4, -0.2) is 56.3 Å². The summed E-state index contributed by atoms with van der Waals surface area (Å²) < 4.78 is 5.90. The number of nitrogens with zero attached hydrogens (tertiary/aromatic N) is 3. The second-order valence-electron chi connectivity index (χ2n) is 10.5. The third-order valence-electron chi connectivity index (χ3n) is 7.72. The molecule has 1 fully saturated rings. The van der Waals surface area contributed by atoms with Crippen LogP contribution in [-0.2, 0) is 4.84 Å². The third kappa shape index (κ3) is 6.09. The average Bonchev–Trinajstić information content (AvgIpc) is 3.51. The van der Waals surface area contributed by atoms with E-state index in [1.165, 1.54) is 12.8 Å². The number of nitrogens with two attached hydrogens (primary N) is 1. The summed E-state index contributed by atoms with van der Waals surface area (Å²) in [5.74, 6) is 6.64. The molecule has 0 amide bonds. The predicted octanol–water partition coefficient (Wildman–Crippen LogP) is 6.15. The van der Waals surface area contributed by atoms with Gasteiger partial charge in [0.05, 0.1) is 19.0 Å². The SMILES string of the molecule is C=C(c1ccccc1/C=C\C)C(CCN(C)C)(ON)C(c1ccccc1)c1cc(N2CCCC2)cnc1OC. The molecule has 0 radical (unpaired) electrons. The van der Waals surface area contributed by atoms with Gasteiger partial charge in [-0.05, 0) is 68.6 Å². The highest BCUT2D eigenvalue weighted by Crippen LogP contribution is 2.50. The second-order valence-corrected chi connectivity index (χ2v) is 10.5. The number of anilines is 1. The topological polar surface area (TPSA) is 63.9 Å². The molecule has 0 bridgehead atoms. The molecule has 3 aromatic rings. The zero-order valence-electron chi connectivity index (χ0n) is 23.8. The maximum absolute atomic E-state index is 6.41. The molecule has 0 aliphatic carbocycles. The number of allylic oxidation sites excluding steroid dienone is 1. The van der Waals surface area contributed by atoms with E-state index in [1.807, 2.05) is 37.4 Å². The Morgan fingerprint density at radius 2 is 1.82 bits per heavy atom. The van der Waals surface area contributed by atoms with Crippen LogP contribution >= 0.6 is 0 Å². The van der Waals surface area contributed by atoms with Crippen molar-refractivity contribution < 1.29 is 9.57 Å². The van der Waals surface area contributed by atoms with Crippen LogP contribution in [0.3, 0.4) is 0 Å². The van der Waals surface area contributed by atoms with Crippen LogP contribution in [0.4, 0.5) is 5.69 Å². The van der Waals surface area contributed by atoms with Crippen LogP contribution < -0.4 is 15.5 Å². The molecule has 1 aliphatic heterocycles. The van der Waals surface area contributed by atoms with Crippen molar-refractivity contribution in [1.82, 2.24) is 9.88 Å². The van der Waals surface area contributed by atoms with Gasteiger partial charge in [-0.15, -0.1) is 0 Å². The number of benzene rings is 2.